The zero-order valence-corrected chi connectivity index (χ0v) is 13.3. The van der Waals surface area contributed by atoms with Crippen LogP contribution in [0.3, 0.4) is 0 Å². The molecule has 1 saturated carbocycles. The third-order valence-corrected chi connectivity index (χ3v) is 6.14. The Morgan fingerprint density at radius 3 is 2.91 bits per heavy atom. The Labute approximate surface area is 129 Å². The molecule has 1 aliphatic heterocycles. The van der Waals surface area contributed by atoms with Crippen molar-refractivity contribution in [2.24, 2.45) is 16.9 Å². The quantitative estimate of drug-likeness (QED) is 0.659. The standard InChI is InChI=1S/C15H20N2O4S/c1-10-6-13(10)14-3-2-12(21-14)8-16-17-15(18)7-11-4-5-22(19,20)9-11/h2-3,8,10-11,13H,4-7,9H2,1H3,(H,17,18)/b16-8-/t10-,11+,13-/m1/s1. The van der Waals surface area contributed by atoms with E-state index in [0.29, 0.717) is 24.0 Å². The van der Waals surface area contributed by atoms with E-state index in [1.165, 1.54) is 6.21 Å². The van der Waals surface area contributed by atoms with Gasteiger partial charge in [-0.15, -0.1) is 0 Å². The van der Waals surface area contributed by atoms with Gasteiger partial charge in [-0.25, -0.2) is 13.8 Å². The molecule has 0 bridgehead atoms. The molecule has 1 aromatic rings. The maximum Gasteiger partial charge on any atom is 0.240 e. The molecule has 1 amide bonds. The summed E-state index contributed by atoms with van der Waals surface area (Å²) < 4.78 is 28.3. The number of nitrogens with zero attached hydrogens (tertiary/aromatic N) is 1. The molecular formula is C15H20N2O4S. The van der Waals surface area contributed by atoms with Crippen molar-refractivity contribution in [2.75, 3.05) is 11.5 Å². The summed E-state index contributed by atoms with van der Waals surface area (Å²) in [6.07, 6.45) is 3.38. The fourth-order valence-electron chi connectivity index (χ4n) is 2.86. The second-order valence-electron chi connectivity index (χ2n) is 6.33. The molecular weight excluding hydrogens is 304 g/mol. The fraction of sp³-hybridized carbons (Fsp3) is 0.600. The van der Waals surface area contributed by atoms with Crippen molar-refractivity contribution in [3.05, 3.63) is 23.7 Å². The van der Waals surface area contributed by atoms with Gasteiger partial charge >= 0.3 is 0 Å². The van der Waals surface area contributed by atoms with E-state index >= 15 is 0 Å². The first-order chi connectivity index (χ1) is 10.4. The second kappa shape index (κ2) is 5.87. The van der Waals surface area contributed by atoms with E-state index in [9.17, 15) is 13.2 Å². The highest BCUT2D eigenvalue weighted by Crippen LogP contribution is 2.47. The van der Waals surface area contributed by atoms with Crippen LogP contribution in [0.2, 0.25) is 0 Å². The molecule has 1 N–H and O–H groups in total. The van der Waals surface area contributed by atoms with Gasteiger partial charge in [0, 0.05) is 12.3 Å². The Morgan fingerprint density at radius 2 is 2.27 bits per heavy atom. The Hall–Kier alpha value is -1.63. The molecule has 2 heterocycles. The minimum Gasteiger partial charge on any atom is -0.460 e. The number of sulfone groups is 1. The lowest BCUT2D eigenvalue weighted by atomic mass is 10.1. The highest BCUT2D eigenvalue weighted by molar-refractivity contribution is 7.91. The van der Waals surface area contributed by atoms with Gasteiger partial charge < -0.3 is 4.42 Å². The Morgan fingerprint density at radius 1 is 1.50 bits per heavy atom. The van der Waals surface area contributed by atoms with E-state index in [1.54, 1.807) is 0 Å². The minimum atomic E-state index is -2.94. The van der Waals surface area contributed by atoms with Crippen LogP contribution < -0.4 is 5.43 Å². The minimum absolute atomic E-state index is 0.0910. The van der Waals surface area contributed by atoms with Crippen molar-refractivity contribution in [3.63, 3.8) is 0 Å². The molecule has 2 fully saturated rings. The number of hydrogen-bond donors (Lipinski definition) is 1. The summed E-state index contributed by atoms with van der Waals surface area (Å²) in [5, 5.41) is 3.86. The van der Waals surface area contributed by atoms with E-state index in [4.69, 9.17) is 4.42 Å². The van der Waals surface area contributed by atoms with Crippen LogP contribution in [0.15, 0.2) is 21.7 Å². The van der Waals surface area contributed by atoms with E-state index in [-0.39, 0.29) is 29.8 Å². The fourth-order valence-corrected chi connectivity index (χ4v) is 4.73. The second-order valence-corrected chi connectivity index (χ2v) is 8.55. The van der Waals surface area contributed by atoms with E-state index in [2.05, 4.69) is 17.5 Å². The average molecular weight is 324 g/mol. The highest BCUT2D eigenvalue weighted by Gasteiger charge is 2.36. The largest absolute Gasteiger partial charge is 0.460 e. The number of carbonyl (C=O) groups is 1. The smallest absolute Gasteiger partial charge is 0.240 e. The number of nitrogens with one attached hydrogen (secondary N) is 1. The molecule has 2 aliphatic rings. The first-order valence-electron chi connectivity index (χ1n) is 7.55. The third-order valence-electron chi connectivity index (χ3n) is 4.30. The summed E-state index contributed by atoms with van der Waals surface area (Å²) in [6.45, 7) is 2.18. The summed E-state index contributed by atoms with van der Waals surface area (Å²) in [6, 6.07) is 3.78. The van der Waals surface area contributed by atoms with Crippen molar-refractivity contribution in [1.82, 2.24) is 5.43 Å². The van der Waals surface area contributed by atoms with Crippen LogP contribution in [0, 0.1) is 11.8 Å². The Bertz CT molecular complexity index is 692. The lowest BCUT2D eigenvalue weighted by molar-refractivity contribution is -0.121. The molecule has 0 aromatic carbocycles. The van der Waals surface area contributed by atoms with Crippen LogP contribution >= 0.6 is 0 Å². The maximum absolute atomic E-state index is 11.7. The molecule has 7 heteroatoms. The zero-order valence-electron chi connectivity index (χ0n) is 12.5. The van der Waals surface area contributed by atoms with Gasteiger partial charge in [0.25, 0.3) is 0 Å². The number of hydrazone groups is 1. The predicted molar refractivity (Wildman–Crippen MR) is 82.3 cm³/mol. The summed E-state index contributed by atoms with van der Waals surface area (Å²) in [5.74, 6) is 2.70. The van der Waals surface area contributed by atoms with Gasteiger partial charge in [0.05, 0.1) is 17.7 Å². The molecule has 120 valence electrons. The average Bonchev–Trinajstić information content (AvgIpc) is 2.84. The monoisotopic (exact) mass is 324 g/mol. The van der Waals surface area contributed by atoms with Gasteiger partial charge in [0.2, 0.25) is 5.91 Å². The van der Waals surface area contributed by atoms with Crippen LogP contribution in [0.25, 0.3) is 0 Å². The first-order valence-corrected chi connectivity index (χ1v) is 9.37. The molecule has 1 aromatic heterocycles. The van der Waals surface area contributed by atoms with E-state index < -0.39 is 9.84 Å². The van der Waals surface area contributed by atoms with Gasteiger partial charge in [0.1, 0.15) is 11.5 Å². The molecule has 22 heavy (non-hydrogen) atoms. The molecule has 0 radical (unpaired) electrons. The van der Waals surface area contributed by atoms with Gasteiger partial charge in [0.15, 0.2) is 9.84 Å². The van der Waals surface area contributed by atoms with Crippen molar-refractivity contribution in [1.29, 1.82) is 0 Å². The summed E-state index contributed by atoms with van der Waals surface area (Å²) >= 11 is 0. The molecule has 0 unspecified atom stereocenters. The maximum atomic E-state index is 11.7. The first kappa shape index (κ1) is 15.3. The molecule has 3 atom stereocenters. The summed E-state index contributed by atoms with van der Waals surface area (Å²) in [4.78, 5) is 11.7. The predicted octanol–water partition coefficient (Wildman–Crippen LogP) is 1.68. The highest BCUT2D eigenvalue weighted by atomic mass is 32.2. The Kier molecular flexibility index (Phi) is 4.08. The molecule has 3 rings (SSSR count). The molecule has 6 nitrogen and oxygen atoms in total. The van der Waals surface area contributed by atoms with Crippen LogP contribution in [-0.4, -0.2) is 32.0 Å². The summed E-state index contributed by atoms with van der Waals surface area (Å²) in [7, 11) is -2.94. The number of furan rings is 1. The topological polar surface area (TPSA) is 88.7 Å². The summed E-state index contributed by atoms with van der Waals surface area (Å²) in [5.41, 5.74) is 2.42. The van der Waals surface area contributed by atoms with Crippen molar-refractivity contribution in [3.8, 4) is 0 Å². The van der Waals surface area contributed by atoms with Gasteiger partial charge in [-0.05, 0) is 36.8 Å². The van der Waals surface area contributed by atoms with Crippen LogP contribution in [0.5, 0.6) is 0 Å². The van der Waals surface area contributed by atoms with Crippen LogP contribution in [0.4, 0.5) is 0 Å². The van der Waals surface area contributed by atoms with E-state index in [1.807, 2.05) is 12.1 Å². The van der Waals surface area contributed by atoms with Crippen LogP contribution in [0.1, 0.15) is 43.6 Å². The van der Waals surface area contributed by atoms with Gasteiger partial charge in [-0.1, -0.05) is 6.92 Å². The van der Waals surface area contributed by atoms with Crippen molar-refractivity contribution >= 4 is 22.0 Å². The molecule has 1 aliphatic carbocycles. The van der Waals surface area contributed by atoms with E-state index in [0.717, 1.165) is 12.2 Å². The van der Waals surface area contributed by atoms with Gasteiger partial charge in [-0.2, -0.15) is 5.10 Å². The molecule has 1 saturated heterocycles. The third kappa shape index (κ3) is 3.76. The number of amides is 1. The number of carbonyl (C=O) groups excluding carboxylic acids is 1. The number of hydrogen-bond acceptors (Lipinski definition) is 5. The lowest BCUT2D eigenvalue weighted by Gasteiger charge is -2.04. The lowest BCUT2D eigenvalue weighted by Crippen LogP contribution is -2.21. The SMILES string of the molecule is C[C@@H]1C[C@H]1c1ccc(/C=N\NC(=O)C[C@@H]2CCS(=O)(=O)C2)o1. The number of rotatable bonds is 5. The molecule has 0 spiro atoms. The van der Waals surface area contributed by atoms with Crippen molar-refractivity contribution < 1.29 is 17.6 Å². The van der Waals surface area contributed by atoms with Crippen molar-refractivity contribution in [2.45, 2.75) is 32.1 Å². The van der Waals surface area contributed by atoms with Crippen LogP contribution in [-0.2, 0) is 14.6 Å². The zero-order chi connectivity index (χ0) is 15.7. The normalized spacial score (nSPS) is 29.8. The Balaban J connectivity index is 1.45. The van der Waals surface area contributed by atoms with Gasteiger partial charge in [-0.3, -0.25) is 4.79 Å².